The number of nitrogens with one attached hydrogen (secondary N) is 2. The van der Waals surface area contributed by atoms with Crippen LogP contribution in [0.25, 0.3) is 0 Å². The third-order valence-electron chi connectivity index (χ3n) is 5.06. The number of rotatable bonds is 7. The van der Waals surface area contributed by atoms with E-state index in [0.29, 0.717) is 11.6 Å². The van der Waals surface area contributed by atoms with Gasteiger partial charge in [-0.3, -0.25) is 0 Å². The Morgan fingerprint density at radius 3 is 2.50 bits per heavy atom. The molecule has 0 saturated heterocycles. The van der Waals surface area contributed by atoms with Gasteiger partial charge in [0.2, 0.25) is 0 Å². The van der Waals surface area contributed by atoms with E-state index in [-0.39, 0.29) is 18.4 Å². The van der Waals surface area contributed by atoms with Crippen molar-refractivity contribution >= 4 is 33.7 Å². The molecule has 0 bridgehead atoms. The first-order chi connectivity index (χ1) is 12.2. The topological polar surface area (TPSA) is 54.0 Å². The summed E-state index contributed by atoms with van der Waals surface area (Å²) in [6.45, 7) is 3.68. The first-order valence-corrected chi connectivity index (χ1v) is 19.9. The monoisotopic (exact) mass is 471 g/mol. The zero-order chi connectivity index (χ0) is 19.3. The van der Waals surface area contributed by atoms with Gasteiger partial charge in [0.15, 0.2) is 0 Å². The summed E-state index contributed by atoms with van der Waals surface area (Å²) in [7, 11) is 0. The molecule has 1 unspecified atom stereocenters. The van der Waals surface area contributed by atoms with Crippen molar-refractivity contribution in [1.29, 1.82) is 0 Å². The van der Waals surface area contributed by atoms with Gasteiger partial charge < -0.3 is 0 Å². The van der Waals surface area contributed by atoms with Crippen LogP contribution in [-0.2, 0) is 0 Å². The molecule has 26 heavy (non-hydrogen) atoms. The molecule has 2 N–H and O–H groups in total. The van der Waals surface area contributed by atoms with Crippen molar-refractivity contribution in [2.75, 3.05) is 11.9 Å². The number of hydrogen-bond acceptors (Lipinski definition) is 3. The Morgan fingerprint density at radius 2 is 1.92 bits per heavy atom. The molecule has 146 valence electrons. The van der Waals surface area contributed by atoms with Crippen LogP contribution in [0.2, 0.25) is 14.8 Å². The van der Waals surface area contributed by atoms with Crippen LogP contribution in [0, 0.1) is 5.92 Å². The van der Waals surface area contributed by atoms with E-state index in [0.717, 1.165) is 22.2 Å². The number of aromatic nitrogens is 1. The van der Waals surface area contributed by atoms with Gasteiger partial charge >= 0.3 is 162 Å². The van der Waals surface area contributed by atoms with Gasteiger partial charge in [0, 0.05) is 0 Å². The SMILES string of the molecule is CC(C)C(F)CNC(=O)c1cn[c]([Sn]([CH3])([CH3])[CH3])cc1NC1CCCCC1. The zero-order valence-electron chi connectivity index (χ0n) is 16.9. The van der Waals surface area contributed by atoms with Gasteiger partial charge in [-0.2, -0.15) is 0 Å². The minimum absolute atomic E-state index is 0.0413. The molecule has 1 aromatic heterocycles. The minimum atomic E-state index is -2.34. The number of pyridine rings is 1. The predicted octanol–water partition coefficient (Wildman–Crippen LogP) is 4.10. The molecule has 1 aromatic rings. The number of carbonyl (C=O) groups is 1. The van der Waals surface area contributed by atoms with Gasteiger partial charge in [-0.05, 0) is 0 Å². The summed E-state index contributed by atoms with van der Waals surface area (Å²) in [6.07, 6.45) is 6.67. The van der Waals surface area contributed by atoms with Crippen LogP contribution in [0.1, 0.15) is 56.3 Å². The molecule has 0 aromatic carbocycles. The van der Waals surface area contributed by atoms with E-state index < -0.39 is 24.5 Å². The van der Waals surface area contributed by atoms with Gasteiger partial charge in [-0.1, -0.05) is 0 Å². The van der Waals surface area contributed by atoms with Crippen molar-refractivity contribution in [3.8, 4) is 0 Å². The van der Waals surface area contributed by atoms with Gasteiger partial charge in [-0.15, -0.1) is 0 Å². The van der Waals surface area contributed by atoms with Gasteiger partial charge in [0.25, 0.3) is 0 Å². The van der Waals surface area contributed by atoms with E-state index in [1.54, 1.807) is 6.20 Å². The van der Waals surface area contributed by atoms with E-state index >= 15 is 0 Å². The summed E-state index contributed by atoms with van der Waals surface area (Å²) in [5.41, 5.74) is 1.40. The maximum absolute atomic E-state index is 13.9. The number of nitrogens with zero attached hydrogens (tertiary/aromatic N) is 1. The van der Waals surface area contributed by atoms with E-state index in [9.17, 15) is 9.18 Å². The first-order valence-electron chi connectivity index (χ1n) is 9.88. The van der Waals surface area contributed by atoms with Crippen LogP contribution >= 0.6 is 0 Å². The first kappa shape index (κ1) is 21.4. The normalized spacial score (nSPS) is 17.2. The number of alkyl halides is 1. The molecule has 0 spiro atoms. The van der Waals surface area contributed by atoms with Crippen molar-refractivity contribution < 1.29 is 9.18 Å². The van der Waals surface area contributed by atoms with E-state index in [2.05, 4.69) is 36.5 Å². The second-order valence-corrected chi connectivity index (χ2v) is 23.1. The fourth-order valence-corrected chi connectivity index (χ4v) is 6.09. The molecule has 0 radical (unpaired) electrons. The Labute approximate surface area is 161 Å². The van der Waals surface area contributed by atoms with Crippen molar-refractivity contribution in [2.24, 2.45) is 5.92 Å². The van der Waals surface area contributed by atoms with E-state index in [1.165, 1.54) is 19.3 Å². The standard InChI is InChI=1S/C17H25FN3O.3CH3.Sn/c1-12(2)15(18)11-20-17(22)14-10-19-9-8-16(14)21-13-6-4-3-5-7-13;;;;/h8,10,12-13,15H,3-7,11H2,1-2H3,(H,19,21)(H,20,22);3*1H3;. The second-order valence-electron chi connectivity index (χ2n) is 8.81. The molecular formula is C20H34FN3OSn. The number of carbonyl (C=O) groups excluding carboxylic acids is 1. The molecule has 1 fully saturated rings. The predicted molar refractivity (Wildman–Crippen MR) is 110 cm³/mol. The summed E-state index contributed by atoms with van der Waals surface area (Å²) < 4.78 is 15.0. The molecule has 2 rings (SSSR count). The van der Waals surface area contributed by atoms with Gasteiger partial charge in [0.05, 0.1) is 0 Å². The molecule has 1 atom stereocenters. The van der Waals surface area contributed by atoms with Gasteiger partial charge in [-0.25, -0.2) is 0 Å². The number of anilines is 1. The van der Waals surface area contributed by atoms with E-state index in [1.807, 2.05) is 13.8 Å². The summed E-state index contributed by atoms with van der Waals surface area (Å²) in [5.74, 6) is -0.347. The third kappa shape index (κ3) is 6.10. The fourth-order valence-electron chi connectivity index (χ4n) is 3.15. The third-order valence-corrected chi connectivity index (χ3v) is 10.2. The molecule has 1 heterocycles. The molecular weight excluding hydrogens is 436 g/mol. The summed E-state index contributed by atoms with van der Waals surface area (Å²) >= 11 is -2.34. The second kappa shape index (κ2) is 9.38. The Morgan fingerprint density at radius 1 is 1.27 bits per heavy atom. The zero-order valence-corrected chi connectivity index (χ0v) is 19.7. The van der Waals surface area contributed by atoms with Gasteiger partial charge in [0.1, 0.15) is 0 Å². The van der Waals surface area contributed by atoms with Crippen molar-refractivity contribution in [3.63, 3.8) is 0 Å². The fraction of sp³-hybridized carbons (Fsp3) is 0.700. The Bertz CT molecular complexity index is 610. The Hall–Kier alpha value is -0.851. The Balaban J connectivity index is 2.21. The van der Waals surface area contributed by atoms with Crippen LogP contribution < -0.4 is 14.3 Å². The van der Waals surface area contributed by atoms with Crippen molar-refractivity contribution in [3.05, 3.63) is 17.8 Å². The molecule has 1 saturated carbocycles. The van der Waals surface area contributed by atoms with Crippen molar-refractivity contribution in [2.45, 2.75) is 73.0 Å². The van der Waals surface area contributed by atoms with Crippen molar-refractivity contribution in [1.82, 2.24) is 10.3 Å². The maximum atomic E-state index is 13.9. The Kier molecular flexibility index (Phi) is 7.74. The number of hydrogen-bond donors (Lipinski definition) is 2. The average Bonchev–Trinajstić information content (AvgIpc) is 2.59. The molecule has 1 amide bonds. The molecule has 0 aliphatic heterocycles. The van der Waals surface area contributed by atoms with E-state index in [4.69, 9.17) is 0 Å². The summed E-state index contributed by atoms with van der Waals surface area (Å²) in [6, 6.07) is 2.49. The summed E-state index contributed by atoms with van der Waals surface area (Å²) in [5, 5.41) is 6.33. The number of amides is 1. The van der Waals surface area contributed by atoms with Crippen LogP contribution in [0.5, 0.6) is 0 Å². The molecule has 4 nitrogen and oxygen atoms in total. The van der Waals surface area contributed by atoms with Crippen LogP contribution in [0.3, 0.4) is 0 Å². The average molecular weight is 470 g/mol. The number of halogens is 1. The quantitative estimate of drug-likeness (QED) is 0.591. The van der Waals surface area contributed by atoms with Crippen LogP contribution in [-0.4, -0.2) is 48.0 Å². The molecule has 1 aliphatic rings. The molecule has 1 aliphatic carbocycles. The van der Waals surface area contributed by atoms with Crippen LogP contribution in [0.4, 0.5) is 10.1 Å². The molecule has 6 heteroatoms. The summed E-state index contributed by atoms with van der Waals surface area (Å²) in [4.78, 5) is 24.2. The van der Waals surface area contributed by atoms with Crippen LogP contribution in [0.15, 0.2) is 12.3 Å².